The van der Waals surface area contributed by atoms with Gasteiger partial charge in [-0.15, -0.1) is 0 Å². The molecule has 0 saturated heterocycles. The van der Waals surface area contributed by atoms with E-state index in [-0.39, 0.29) is 11.2 Å². The number of carbonyl (C=O) groups is 1. The van der Waals surface area contributed by atoms with Crippen LogP contribution in [0.15, 0.2) is 52.2 Å². The van der Waals surface area contributed by atoms with E-state index in [1.54, 1.807) is 12.3 Å². The highest BCUT2D eigenvalue weighted by atomic mass is 32.2. The number of nitrogens with zero attached hydrogens (tertiary/aromatic N) is 2. The topological polar surface area (TPSA) is 68.0 Å². The number of oxazole rings is 1. The summed E-state index contributed by atoms with van der Waals surface area (Å²) < 4.78 is 5.65. The number of rotatable bonds is 6. The van der Waals surface area contributed by atoms with Crippen molar-refractivity contribution in [2.75, 3.05) is 5.32 Å². The fourth-order valence-corrected chi connectivity index (χ4v) is 3.19. The minimum atomic E-state index is -0.275. The van der Waals surface area contributed by atoms with Gasteiger partial charge >= 0.3 is 0 Å². The number of hydrogen-bond donors (Lipinski definition) is 1. The summed E-state index contributed by atoms with van der Waals surface area (Å²) in [7, 11) is 0. The molecule has 124 valence electrons. The Morgan fingerprint density at radius 2 is 2.17 bits per heavy atom. The number of carbonyl (C=O) groups excluding carboxylic acids is 1. The molecule has 3 rings (SSSR count). The first-order valence-corrected chi connectivity index (χ1v) is 8.85. The Balaban J connectivity index is 1.71. The van der Waals surface area contributed by atoms with Gasteiger partial charge in [0.2, 0.25) is 5.91 Å². The zero-order valence-electron chi connectivity index (χ0n) is 13.7. The molecule has 6 heteroatoms. The molecular weight excluding hydrogens is 322 g/mol. The molecule has 2 heterocycles. The Bertz CT molecular complexity index is 814. The van der Waals surface area contributed by atoms with Crippen molar-refractivity contribution in [2.24, 2.45) is 0 Å². The smallest absolute Gasteiger partial charge is 0.259 e. The minimum absolute atomic E-state index is 0.0500. The van der Waals surface area contributed by atoms with Crippen molar-refractivity contribution in [3.05, 3.63) is 48.2 Å². The zero-order valence-corrected chi connectivity index (χ0v) is 14.5. The first-order valence-electron chi connectivity index (χ1n) is 7.97. The molecule has 0 radical (unpaired) electrons. The lowest BCUT2D eigenvalue weighted by Crippen LogP contribution is -2.24. The monoisotopic (exact) mass is 341 g/mol. The van der Waals surface area contributed by atoms with Crippen molar-refractivity contribution in [1.82, 2.24) is 9.97 Å². The van der Waals surface area contributed by atoms with Crippen LogP contribution in [-0.4, -0.2) is 21.1 Å². The Labute approximate surface area is 144 Å². The van der Waals surface area contributed by atoms with Crippen LogP contribution >= 0.6 is 11.8 Å². The predicted octanol–water partition coefficient (Wildman–Crippen LogP) is 4.29. The third-order valence-electron chi connectivity index (χ3n) is 3.65. The summed E-state index contributed by atoms with van der Waals surface area (Å²) in [5.41, 5.74) is 3.20. The Kier molecular flexibility index (Phi) is 5.15. The molecule has 2 aromatic heterocycles. The largest absolute Gasteiger partial charge is 0.430 e. The summed E-state index contributed by atoms with van der Waals surface area (Å²) in [6.07, 6.45) is 3.28. The maximum absolute atomic E-state index is 12.5. The van der Waals surface area contributed by atoms with Crippen LogP contribution in [0, 0.1) is 0 Å². The second-order valence-electron chi connectivity index (χ2n) is 5.36. The molecule has 3 aromatic rings. The number of nitrogens with one attached hydrogen (secondary N) is 1. The summed E-state index contributed by atoms with van der Waals surface area (Å²) in [5.74, 6) is -0.0500. The lowest BCUT2D eigenvalue weighted by Gasteiger charge is -2.13. The van der Waals surface area contributed by atoms with E-state index in [4.69, 9.17) is 4.42 Å². The van der Waals surface area contributed by atoms with Crippen LogP contribution in [0.25, 0.3) is 11.2 Å². The van der Waals surface area contributed by atoms with Gasteiger partial charge in [-0.25, -0.2) is 4.98 Å². The number of pyridine rings is 1. The van der Waals surface area contributed by atoms with Crippen molar-refractivity contribution < 1.29 is 9.21 Å². The molecular formula is C18H19N3O2S. The molecule has 1 N–H and O–H groups in total. The average Bonchev–Trinajstić information content (AvgIpc) is 3.02. The first kappa shape index (κ1) is 16.5. The molecule has 5 nitrogen and oxygen atoms in total. The minimum Gasteiger partial charge on any atom is -0.430 e. The molecule has 0 spiro atoms. The summed E-state index contributed by atoms with van der Waals surface area (Å²) in [6, 6.07) is 11.5. The van der Waals surface area contributed by atoms with E-state index in [0.29, 0.717) is 22.9 Å². The van der Waals surface area contributed by atoms with E-state index in [0.717, 1.165) is 12.1 Å². The molecule has 0 unspecified atom stereocenters. The van der Waals surface area contributed by atoms with Gasteiger partial charge in [0.15, 0.2) is 11.2 Å². The predicted molar refractivity (Wildman–Crippen MR) is 96.2 cm³/mol. The number of aryl methyl sites for hydroxylation is 1. The van der Waals surface area contributed by atoms with Crippen molar-refractivity contribution >= 4 is 34.6 Å². The fourth-order valence-electron chi connectivity index (χ4n) is 2.34. The van der Waals surface area contributed by atoms with Gasteiger partial charge in [0.1, 0.15) is 0 Å². The van der Waals surface area contributed by atoms with E-state index in [1.807, 2.05) is 37.3 Å². The van der Waals surface area contributed by atoms with Crippen LogP contribution in [0.1, 0.15) is 25.8 Å². The lowest BCUT2D eigenvalue weighted by atomic mass is 10.1. The number of aromatic nitrogens is 2. The second-order valence-corrected chi connectivity index (χ2v) is 6.52. The Morgan fingerprint density at radius 3 is 2.92 bits per heavy atom. The van der Waals surface area contributed by atoms with Crippen molar-refractivity contribution in [3.8, 4) is 0 Å². The quantitative estimate of drug-likeness (QED) is 0.677. The van der Waals surface area contributed by atoms with E-state index in [2.05, 4.69) is 22.2 Å². The third kappa shape index (κ3) is 3.76. The first-order chi connectivity index (χ1) is 11.7. The lowest BCUT2D eigenvalue weighted by molar-refractivity contribution is -0.115. The molecule has 0 fully saturated rings. The maximum atomic E-state index is 12.5. The fraction of sp³-hybridized carbons (Fsp3) is 0.278. The van der Waals surface area contributed by atoms with Crippen LogP contribution in [-0.2, 0) is 11.2 Å². The van der Waals surface area contributed by atoms with Crippen molar-refractivity contribution in [1.29, 1.82) is 0 Å². The van der Waals surface area contributed by atoms with E-state index in [1.165, 1.54) is 17.3 Å². The standard InChI is InChI=1S/C18H19N3O2S/c1-3-12-7-5-8-13(11-12)20-17(22)15(4-2)24-18-21-16-14(23-18)9-6-10-19-16/h5-11,15H,3-4H2,1-2H3,(H,20,22)/t15-/m0/s1. The van der Waals surface area contributed by atoms with E-state index in [9.17, 15) is 4.79 Å². The maximum Gasteiger partial charge on any atom is 0.259 e. The normalized spacial score (nSPS) is 12.2. The number of benzene rings is 1. The molecule has 24 heavy (non-hydrogen) atoms. The molecule has 1 atom stereocenters. The van der Waals surface area contributed by atoms with Crippen LogP contribution in [0.2, 0.25) is 0 Å². The van der Waals surface area contributed by atoms with Crippen LogP contribution in [0.5, 0.6) is 0 Å². The molecule has 0 aliphatic rings. The molecule has 0 aliphatic carbocycles. The van der Waals surface area contributed by atoms with Crippen molar-refractivity contribution in [3.63, 3.8) is 0 Å². The molecule has 1 aromatic carbocycles. The molecule has 1 amide bonds. The van der Waals surface area contributed by atoms with Gasteiger partial charge in [-0.1, -0.05) is 37.7 Å². The van der Waals surface area contributed by atoms with Gasteiger partial charge in [-0.3, -0.25) is 4.79 Å². The van der Waals surface area contributed by atoms with Crippen LogP contribution in [0.4, 0.5) is 5.69 Å². The number of thioether (sulfide) groups is 1. The van der Waals surface area contributed by atoms with Gasteiger partial charge in [0.25, 0.3) is 5.22 Å². The number of hydrogen-bond acceptors (Lipinski definition) is 5. The second kappa shape index (κ2) is 7.49. The van der Waals surface area contributed by atoms with Gasteiger partial charge in [-0.05, 0) is 42.7 Å². The van der Waals surface area contributed by atoms with Gasteiger partial charge in [0, 0.05) is 11.9 Å². The Morgan fingerprint density at radius 1 is 1.29 bits per heavy atom. The molecule has 0 bridgehead atoms. The highest BCUT2D eigenvalue weighted by Gasteiger charge is 2.21. The van der Waals surface area contributed by atoms with Gasteiger partial charge < -0.3 is 9.73 Å². The number of anilines is 1. The van der Waals surface area contributed by atoms with Gasteiger partial charge in [0.05, 0.1) is 5.25 Å². The Hall–Kier alpha value is -2.34. The summed E-state index contributed by atoms with van der Waals surface area (Å²) in [5, 5.41) is 3.17. The summed E-state index contributed by atoms with van der Waals surface area (Å²) >= 11 is 1.32. The molecule has 0 aliphatic heterocycles. The van der Waals surface area contributed by atoms with Crippen molar-refractivity contribution in [2.45, 2.75) is 37.2 Å². The SMILES string of the molecule is CCc1cccc(NC(=O)[C@H](CC)Sc2nc3ncccc3o2)c1. The summed E-state index contributed by atoms with van der Waals surface area (Å²) in [4.78, 5) is 21.0. The number of amides is 1. The zero-order chi connectivity index (χ0) is 16.9. The molecule has 0 saturated carbocycles. The average molecular weight is 341 g/mol. The van der Waals surface area contributed by atoms with E-state index >= 15 is 0 Å². The van der Waals surface area contributed by atoms with Crippen LogP contribution in [0.3, 0.4) is 0 Å². The third-order valence-corrected chi connectivity index (χ3v) is 4.86. The summed E-state index contributed by atoms with van der Waals surface area (Å²) in [6.45, 7) is 4.06. The number of fused-ring (bicyclic) bond motifs is 1. The van der Waals surface area contributed by atoms with Gasteiger partial charge in [-0.2, -0.15) is 4.98 Å². The highest BCUT2D eigenvalue weighted by molar-refractivity contribution is 8.00. The van der Waals surface area contributed by atoms with Crippen LogP contribution < -0.4 is 5.32 Å². The van der Waals surface area contributed by atoms with E-state index < -0.39 is 0 Å². The highest BCUT2D eigenvalue weighted by Crippen LogP contribution is 2.28.